The zero-order valence-corrected chi connectivity index (χ0v) is 17.4. The van der Waals surface area contributed by atoms with E-state index < -0.39 is 0 Å². The van der Waals surface area contributed by atoms with Gasteiger partial charge in [-0.15, -0.1) is 20.4 Å². The van der Waals surface area contributed by atoms with Gasteiger partial charge >= 0.3 is 0 Å². The highest BCUT2D eigenvalue weighted by Gasteiger charge is 2.26. The number of hydrogen-bond acceptors (Lipinski definition) is 6. The van der Waals surface area contributed by atoms with E-state index in [1.54, 1.807) is 0 Å². The number of hydrogen-bond donors (Lipinski definition) is 0. The molecule has 154 valence electrons. The first-order valence-electron chi connectivity index (χ1n) is 10.4. The summed E-state index contributed by atoms with van der Waals surface area (Å²) in [7, 11) is 0. The van der Waals surface area contributed by atoms with Gasteiger partial charge in [0.25, 0.3) is 0 Å². The second kappa shape index (κ2) is 6.04. The van der Waals surface area contributed by atoms with Crippen LogP contribution in [0, 0.1) is 13.8 Å². The maximum absolute atomic E-state index is 6.17. The first kappa shape index (κ1) is 17.2. The van der Waals surface area contributed by atoms with Crippen LogP contribution in [0.4, 0.5) is 17.1 Å². The smallest absolute Gasteiger partial charge is 0.207 e. The van der Waals surface area contributed by atoms with Crippen LogP contribution in [0.15, 0.2) is 66.7 Å². The van der Waals surface area contributed by atoms with Crippen LogP contribution in [0.25, 0.3) is 22.3 Å². The van der Waals surface area contributed by atoms with E-state index in [0.717, 1.165) is 51.2 Å². The first-order valence-corrected chi connectivity index (χ1v) is 10.4. The second-order valence-corrected chi connectivity index (χ2v) is 7.86. The predicted molar refractivity (Wildman–Crippen MR) is 121 cm³/mol. The number of fused-ring (bicyclic) bond motifs is 8. The van der Waals surface area contributed by atoms with Crippen LogP contribution in [0.2, 0.25) is 0 Å². The molecule has 0 spiro atoms. The third kappa shape index (κ3) is 2.15. The summed E-state index contributed by atoms with van der Waals surface area (Å²) in [5.74, 6) is 3.25. The van der Waals surface area contributed by atoms with E-state index in [1.807, 2.05) is 59.0 Å². The lowest BCUT2D eigenvalue weighted by Crippen LogP contribution is -2.15. The molecular formula is C24H17N7O. The predicted octanol–water partition coefficient (Wildman–Crippen LogP) is 5.12. The number of ether oxygens (including phenoxy) is 1. The highest BCUT2D eigenvalue weighted by molar-refractivity contribution is 5.92. The average molecular weight is 419 g/mol. The van der Waals surface area contributed by atoms with Crippen molar-refractivity contribution in [1.29, 1.82) is 0 Å². The molecule has 0 saturated heterocycles. The van der Waals surface area contributed by atoms with Crippen molar-refractivity contribution in [2.24, 2.45) is 0 Å². The SMILES string of the molecule is Cc1nnc2c3nnc(C)n3c3cc(N4c5ccccc5Oc5ccccc54)ccc3n12. The van der Waals surface area contributed by atoms with Gasteiger partial charge in [-0.25, -0.2) is 0 Å². The molecule has 0 atom stereocenters. The van der Waals surface area contributed by atoms with E-state index in [1.165, 1.54) is 0 Å². The largest absolute Gasteiger partial charge is 0.453 e. The Morgan fingerprint density at radius 2 is 1.19 bits per heavy atom. The molecule has 0 amide bonds. The number of aryl methyl sites for hydroxylation is 2. The van der Waals surface area contributed by atoms with Crippen molar-refractivity contribution in [3.05, 3.63) is 78.4 Å². The lowest BCUT2D eigenvalue weighted by Gasteiger charge is -2.32. The molecule has 0 aliphatic carbocycles. The van der Waals surface area contributed by atoms with Gasteiger partial charge in [-0.05, 0) is 56.3 Å². The summed E-state index contributed by atoms with van der Waals surface area (Å²) < 4.78 is 10.2. The van der Waals surface area contributed by atoms with Crippen LogP contribution in [0.3, 0.4) is 0 Å². The Bertz CT molecular complexity index is 1650. The Hall–Kier alpha value is -4.46. The van der Waals surface area contributed by atoms with E-state index >= 15 is 0 Å². The minimum atomic E-state index is 0.690. The van der Waals surface area contributed by atoms with Crippen LogP contribution in [0.1, 0.15) is 11.6 Å². The molecule has 0 N–H and O–H groups in total. The minimum Gasteiger partial charge on any atom is -0.453 e. The summed E-state index contributed by atoms with van der Waals surface area (Å²) >= 11 is 0. The molecule has 0 bridgehead atoms. The van der Waals surface area contributed by atoms with Crippen molar-refractivity contribution >= 4 is 39.4 Å². The number of aromatic nitrogens is 6. The molecule has 3 aromatic carbocycles. The quantitative estimate of drug-likeness (QED) is 0.368. The van der Waals surface area contributed by atoms with Gasteiger partial charge in [0.2, 0.25) is 11.3 Å². The average Bonchev–Trinajstić information content (AvgIpc) is 3.40. The Morgan fingerprint density at radius 3 is 1.81 bits per heavy atom. The molecule has 0 unspecified atom stereocenters. The summed E-state index contributed by atoms with van der Waals surface area (Å²) in [6.45, 7) is 3.90. The number of para-hydroxylation sites is 4. The van der Waals surface area contributed by atoms with Crippen molar-refractivity contribution in [2.45, 2.75) is 13.8 Å². The van der Waals surface area contributed by atoms with Gasteiger partial charge in [0, 0.05) is 5.69 Å². The Balaban J connectivity index is 1.58. The van der Waals surface area contributed by atoms with Gasteiger partial charge in [0.05, 0.1) is 22.4 Å². The maximum atomic E-state index is 6.17. The van der Waals surface area contributed by atoms with Crippen molar-refractivity contribution in [3.8, 4) is 11.5 Å². The number of benzene rings is 3. The Morgan fingerprint density at radius 1 is 0.625 bits per heavy atom. The Kier molecular flexibility index (Phi) is 3.25. The van der Waals surface area contributed by atoms with Crippen molar-refractivity contribution in [1.82, 2.24) is 29.2 Å². The molecule has 1 aliphatic heterocycles. The molecule has 8 nitrogen and oxygen atoms in total. The lowest BCUT2D eigenvalue weighted by molar-refractivity contribution is 0.477. The van der Waals surface area contributed by atoms with Crippen molar-refractivity contribution in [3.63, 3.8) is 0 Å². The normalized spacial score (nSPS) is 12.9. The maximum Gasteiger partial charge on any atom is 0.207 e. The fraction of sp³-hybridized carbons (Fsp3) is 0.0833. The van der Waals surface area contributed by atoms with E-state index in [2.05, 4.69) is 55.6 Å². The molecule has 0 saturated carbocycles. The van der Waals surface area contributed by atoms with Crippen molar-refractivity contribution < 1.29 is 4.74 Å². The third-order valence-corrected chi connectivity index (χ3v) is 5.98. The fourth-order valence-corrected chi connectivity index (χ4v) is 4.59. The summed E-state index contributed by atoms with van der Waals surface area (Å²) in [6, 6.07) is 22.5. The van der Waals surface area contributed by atoms with E-state index in [9.17, 15) is 0 Å². The van der Waals surface area contributed by atoms with Crippen molar-refractivity contribution in [2.75, 3.05) is 4.90 Å². The molecule has 0 fully saturated rings. The van der Waals surface area contributed by atoms with Gasteiger partial charge in [0.1, 0.15) is 11.6 Å². The molecule has 7 rings (SSSR count). The van der Waals surface area contributed by atoms with E-state index in [0.29, 0.717) is 11.3 Å². The highest BCUT2D eigenvalue weighted by atomic mass is 16.5. The lowest BCUT2D eigenvalue weighted by atomic mass is 10.1. The highest BCUT2D eigenvalue weighted by Crippen LogP contribution is 2.50. The molecular weight excluding hydrogens is 402 g/mol. The van der Waals surface area contributed by atoms with E-state index in [4.69, 9.17) is 4.74 Å². The topological polar surface area (TPSA) is 72.8 Å². The minimum absolute atomic E-state index is 0.690. The van der Waals surface area contributed by atoms with Crippen LogP contribution >= 0.6 is 0 Å². The molecule has 0 radical (unpaired) electrons. The number of nitrogens with zero attached hydrogens (tertiary/aromatic N) is 7. The standard InChI is InChI=1S/C24H17N7O/c1-14-25-27-23-24-28-26-15(2)30(24)20-13-16(11-12-17(20)29(14)23)31-18-7-3-5-9-21(18)32-22-10-6-4-8-19(22)31/h3-13H,1-2H3. The molecule has 6 aromatic rings. The van der Waals surface area contributed by atoms with Crippen LogP contribution in [-0.2, 0) is 0 Å². The van der Waals surface area contributed by atoms with Gasteiger partial charge in [-0.1, -0.05) is 24.3 Å². The van der Waals surface area contributed by atoms with Gasteiger partial charge in [-0.3, -0.25) is 8.80 Å². The summed E-state index contributed by atoms with van der Waals surface area (Å²) in [4.78, 5) is 2.22. The second-order valence-electron chi connectivity index (χ2n) is 7.86. The molecule has 8 heteroatoms. The fourth-order valence-electron chi connectivity index (χ4n) is 4.59. The third-order valence-electron chi connectivity index (χ3n) is 5.98. The summed E-state index contributed by atoms with van der Waals surface area (Å²) in [5, 5.41) is 17.3. The van der Waals surface area contributed by atoms with Gasteiger partial charge < -0.3 is 9.64 Å². The molecule has 3 aromatic heterocycles. The van der Waals surface area contributed by atoms with E-state index in [-0.39, 0.29) is 0 Å². The van der Waals surface area contributed by atoms with Crippen LogP contribution in [0.5, 0.6) is 11.5 Å². The Labute approximate surface area is 182 Å². The zero-order valence-electron chi connectivity index (χ0n) is 17.4. The zero-order chi connectivity index (χ0) is 21.4. The first-order chi connectivity index (χ1) is 15.7. The van der Waals surface area contributed by atoms with Gasteiger partial charge in [-0.2, -0.15) is 0 Å². The van der Waals surface area contributed by atoms with Crippen LogP contribution < -0.4 is 9.64 Å². The van der Waals surface area contributed by atoms with Gasteiger partial charge in [0.15, 0.2) is 11.5 Å². The molecule has 4 heterocycles. The summed E-state index contributed by atoms with van der Waals surface area (Å²) in [6.07, 6.45) is 0. The molecule has 1 aliphatic rings. The number of rotatable bonds is 1. The van der Waals surface area contributed by atoms with Crippen LogP contribution in [-0.4, -0.2) is 29.2 Å². The summed E-state index contributed by atoms with van der Waals surface area (Å²) in [5.41, 5.74) is 6.36. The number of anilines is 3. The monoisotopic (exact) mass is 419 g/mol. The molecule has 32 heavy (non-hydrogen) atoms.